The van der Waals surface area contributed by atoms with E-state index in [1.807, 2.05) is 18.2 Å². The van der Waals surface area contributed by atoms with Crippen molar-refractivity contribution in [3.05, 3.63) is 24.0 Å². The fraction of sp³-hybridized carbons (Fsp3) is 0.611. The highest BCUT2D eigenvalue weighted by Crippen LogP contribution is 2.21. The average molecular weight is 335 g/mol. The Labute approximate surface area is 142 Å². The second-order valence-electron chi connectivity index (χ2n) is 6.87. The van der Waals surface area contributed by atoms with Crippen molar-refractivity contribution in [1.82, 2.24) is 14.9 Å². The number of hydrogen-bond acceptors (Lipinski definition) is 4. The van der Waals surface area contributed by atoms with Crippen molar-refractivity contribution in [3.63, 3.8) is 0 Å². The van der Waals surface area contributed by atoms with Gasteiger partial charge in [0, 0.05) is 19.2 Å². The summed E-state index contributed by atoms with van der Waals surface area (Å²) in [6.07, 6.45) is -0.216. The van der Waals surface area contributed by atoms with Crippen molar-refractivity contribution in [2.75, 3.05) is 26.7 Å². The Morgan fingerprint density at radius 2 is 2.21 bits per heavy atom. The normalized spacial score (nSPS) is 21.9. The summed E-state index contributed by atoms with van der Waals surface area (Å²) in [5, 5.41) is 0. The fourth-order valence-electron chi connectivity index (χ4n) is 3.01. The van der Waals surface area contributed by atoms with E-state index in [0.717, 1.165) is 29.7 Å². The molecule has 1 aromatic carbocycles. The molecule has 2 heterocycles. The smallest absolute Gasteiger partial charge is 0.140 e. The van der Waals surface area contributed by atoms with Gasteiger partial charge in [0.05, 0.1) is 18.1 Å². The first-order chi connectivity index (χ1) is 11.5. The Kier molecular flexibility index (Phi) is 5.36. The number of likely N-dealkylation sites (tertiary alicyclic amines) is 1. The van der Waals surface area contributed by atoms with Gasteiger partial charge in [-0.1, -0.05) is 13.8 Å². The lowest BCUT2D eigenvalue weighted by Crippen LogP contribution is -2.25. The van der Waals surface area contributed by atoms with E-state index in [1.165, 1.54) is 0 Å². The molecular formula is C18H26FN3O2. The van der Waals surface area contributed by atoms with Gasteiger partial charge in [-0.3, -0.25) is 4.90 Å². The molecule has 1 aliphatic heterocycles. The highest BCUT2D eigenvalue weighted by molar-refractivity contribution is 5.76. The maximum Gasteiger partial charge on any atom is 0.140 e. The van der Waals surface area contributed by atoms with E-state index in [1.54, 1.807) is 7.11 Å². The van der Waals surface area contributed by atoms with Gasteiger partial charge in [-0.15, -0.1) is 0 Å². The molecule has 1 aliphatic rings. The Morgan fingerprint density at radius 1 is 1.38 bits per heavy atom. The number of rotatable bonds is 7. The van der Waals surface area contributed by atoms with Crippen LogP contribution in [0.4, 0.5) is 4.39 Å². The van der Waals surface area contributed by atoms with Crippen LogP contribution in [0.15, 0.2) is 18.2 Å². The molecule has 0 saturated carbocycles. The summed E-state index contributed by atoms with van der Waals surface area (Å²) >= 11 is 0. The highest BCUT2D eigenvalue weighted by atomic mass is 19.1. The molecule has 0 unspecified atom stereocenters. The van der Waals surface area contributed by atoms with Gasteiger partial charge < -0.3 is 14.5 Å². The molecule has 0 spiro atoms. The molecule has 0 bridgehead atoms. The molecule has 1 N–H and O–H groups in total. The van der Waals surface area contributed by atoms with Gasteiger partial charge in [0.2, 0.25) is 0 Å². The lowest BCUT2D eigenvalue weighted by molar-refractivity contribution is 0.00873. The zero-order valence-corrected chi connectivity index (χ0v) is 14.6. The maximum absolute atomic E-state index is 14.2. The van der Waals surface area contributed by atoms with Crippen molar-refractivity contribution in [2.45, 2.75) is 39.2 Å². The quantitative estimate of drug-likeness (QED) is 0.844. The number of fused-ring (bicyclic) bond motifs is 1. The minimum absolute atomic E-state index is 0.292. The second-order valence-corrected chi connectivity index (χ2v) is 6.87. The summed E-state index contributed by atoms with van der Waals surface area (Å²) in [6.45, 7) is 6.72. The fourth-order valence-corrected chi connectivity index (χ4v) is 3.01. The SMILES string of the molecule is COc1ccc2nc(CO[C@H]3CN(CCC(C)C)C[C@H]3F)[nH]c2c1. The minimum atomic E-state index is -0.929. The van der Waals surface area contributed by atoms with Gasteiger partial charge in [0.25, 0.3) is 0 Å². The summed E-state index contributed by atoms with van der Waals surface area (Å²) in [4.78, 5) is 9.84. The first-order valence-corrected chi connectivity index (χ1v) is 8.56. The number of aromatic nitrogens is 2. The number of hydrogen-bond donors (Lipinski definition) is 1. The Bertz CT molecular complexity index is 673. The molecule has 2 aromatic rings. The zero-order chi connectivity index (χ0) is 17.1. The van der Waals surface area contributed by atoms with Crippen LogP contribution in [0.2, 0.25) is 0 Å². The third-order valence-corrected chi connectivity index (χ3v) is 4.47. The van der Waals surface area contributed by atoms with Crippen LogP contribution in [-0.4, -0.2) is 53.9 Å². The molecule has 6 heteroatoms. The summed E-state index contributed by atoms with van der Waals surface area (Å²) in [5.74, 6) is 2.13. The number of nitrogens with zero attached hydrogens (tertiary/aromatic N) is 2. The number of benzene rings is 1. The molecular weight excluding hydrogens is 309 g/mol. The molecule has 3 rings (SSSR count). The average Bonchev–Trinajstić information content (AvgIpc) is 3.12. The van der Waals surface area contributed by atoms with Crippen LogP contribution in [0.5, 0.6) is 5.75 Å². The van der Waals surface area contributed by atoms with Gasteiger partial charge >= 0.3 is 0 Å². The monoisotopic (exact) mass is 335 g/mol. The lowest BCUT2D eigenvalue weighted by atomic mass is 10.1. The molecule has 24 heavy (non-hydrogen) atoms. The van der Waals surface area contributed by atoms with E-state index in [0.29, 0.717) is 31.4 Å². The molecule has 1 saturated heterocycles. The van der Waals surface area contributed by atoms with Gasteiger partial charge in [-0.05, 0) is 31.0 Å². The second kappa shape index (κ2) is 7.49. The van der Waals surface area contributed by atoms with Gasteiger partial charge in [0.1, 0.15) is 30.5 Å². The van der Waals surface area contributed by atoms with E-state index >= 15 is 0 Å². The standard InChI is InChI=1S/C18H26FN3O2/c1-12(2)6-7-22-9-14(19)17(10-22)24-11-18-20-15-5-4-13(23-3)8-16(15)21-18/h4-5,8,12,14,17H,6-7,9-11H2,1-3H3,(H,20,21)/t14-,17+/m1/s1. The van der Waals surface area contributed by atoms with Gasteiger partial charge in [-0.2, -0.15) is 0 Å². The van der Waals surface area contributed by atoms with Crippen molar-refractivity contribution in [3.8, 4) is 5.75 Å². The van der Waals surface area contributed by atoms with E-state index in [9.17, 15) is 4.39 Å². The van der Waals surface area contributed by atoms with E-state index in [4.69, 9.17) is 9.47 Å². The van der Waals surface area contributed by atoms with Crippen LogP contribution in [0, 0.1) is 5.92 Å². The number of nitrogens with one attached hydrogen (secondary N) is 1. The Morgan fingerprint density at radius 3 is 2.96 bits per heavy atom. The van der Waals surface area contributed by atoms with Crippen molar-refractivity contribution in [2.24, 2.45) is 5.92 Å². The van der Waals surface area contributed by atoms with Crippen molar-refractivity contribution in [1.29, 1.82) is 0 Å². The van der Waals surface area contributed by atoms with Crippen molar-refractivity contribution >= 4 is 11.0 Å². The molecule has 0 amide bonds. The first kappa shape index (κ1) is 17.2. The van der Waals surface area contributed by atoms with E-state index in [-0.39, 0.29) is 6.10 Å². The van der Waals surface area contributed by atoms with Gasteiger partial charge in [0.15, 0.2) is 0 Å². The van der Waals surface area contributed by atoms with Crippen LogP contribution < -0.4 is 4.74 Å². The summed E-state index contributed by atoms with van der Waals surface area (Å²) in [7, 11) is 1.63. The molecule has 0 aliphatic carbocycles. The topological polar surface area (TPSA) is 50.4 Å². The number of aromatic amines is 1. The van der Waals surface area contributed by atoms with Crippen LogP contribution in [0.3, 0.4) is 0 Å². The molecule has 5 nitrogen and oxygen atoms in total. The van der Waals surface area contributed by atoms with Crippen molar-refractivity contribution < 1.29 is 13.9 Å². The number of alkyl halides is 1. The predicted octanol–water partition coefficient (Wildman–Crippen LogP) is 3.16. The van der Waals surface area contributed by atoms with Crippen LogP contribution in [0.25, 0.3) is 11.0 Å². The number of H-pyrrole nitrogens is 1. The third-order valence-electron chi connectivity index (χ3n) is 4.47. The highest BCUT2D eigenvalue weighted by Gasteiger charge is 2.33. The molecule has 1 fully saturated rings. The summed E-state index contributed by atoms with van der Waals surface area (Å²) in [6, 6.07) is 5.66. The Hall–Kier alpha value is -1.66. The first-order valence-electron chi connectivity index (χ1n) is 8.56. The van der Waals surface area contributed by atoms with E-state index in [2.05, 4.69) is 28.7 Å². The summed E-state index contributed by atoms with van der Waals surface area (Å²) < 4.78 is 25.1. The molecule has 1 aromatic heterocycles. The van der Waals surface area contributed by atoms with Crippen LogP contribution >= 0.6 is 0 Å². The summed E-state index contributed by atoms with van der Waals surface area (Å²) in [5.41, 5.74) is 1.76. The maximum atomic E-state index is 14.2. The van der Waals surface area contributed by atoms with Crippen LogP contribution in [0.1, 0.15) is 26.1 Å². The number of imidazole rings is 1. The minimum Gasteiger partial charge on any atom is -0.497 e. The molecule has 0 radical (unpaired) electrons. The number of ether oxygens (including phenoxy) is 2. The number of halogens is 1. The van der Waals surface area contributed by atoms with Crippen LogP contribution in [-0.2, 0) is 11.3 Å². The molecule has 2 atom stereocenters. The third kappa shape index (κ3) is 4.05. The van der Waals surface area contributed by atoms with E-state index < -0.39 is 6.17 Å². The molecule has 132 valence electrons. The zero-order valence-electron chi connectivity index (χ0n) is 14.6. The number of methoxy groups -OCH3 is 1. The van der Waals surface area contributed by atoms with Gasteiger partial charge in [-0.25, -0.2) is 9.37 Å². The lowest BCUT2D eigenvalue weighted by Gasteiger charge is -2.16. The largest absolute Gasteiger partial charge is 0.497 e. The Balaban J connectivity index is 1.55. The predicted molar refractivity (Wildman–Crippen MR) is 92.0 cm³/mol.